The Kier molecular flexibility index (Phi) is 5.97. The second-order valence-corrected chi connectivity index (χ2v) is 6.71. The molecule has 0 aliphatic carbocycles. The van der Waals surface area contributed by atoms with Gasteiger partial charge in [0.2, 0.25) is 0 Å². The lowest BCUT2D eigenvalue weighted by Crippen LogP contribution is -2.51. The van der Waals surface area contributed by atoms with Crippen LogP contribution in [0.3, 0.4) is 0 Å². The number of nitrogens with zero attached hydrogens (tertiary/aromatic N) is 2. The minimum atomic E-state index is -2.16. The zero-order valence-corrected chi connectivity index (χ0v) is 16.5. The van der Waals surface area contributed by atoms with E-state index in [4.69, 9.17) is 18.7 Å². The van der Waals surface area contributed by atoms with E-state index in [0.717, 1.165) is 0 Å². The molecule has 13 heteroatoms. The molecule has 0 spiro atoms. The van der Waals surface area contributed by atoms with Gasteiger partial charge in [-0.25, -0.2) is 14.8 Å². The highest BCUT2D eigenvalue weighted by atomic mass is 16.4. The Hall–Kier alpha value is -4.26. The van der Waals surface area contributed by atoms with Crippen molar-refractivity contribution >= 4 is 35.3 Å². The van der Waals surface area contributed by atoms with Gasteiger partial charge in [-0.1, -0.05) is 0 Å². The average molecular weight is 445 g/mol. The molecule has 32 heavy (non-hydrogen) atoms. The molecule has 1 aromatic carbocycles. The van der Waals surface area contributed by atoms with Gasteiger partial charge in [-0.15, -0.1) is 0 Å². The molecule has 0 saturated heterocycles. The average Bonchev–Trinajstić information content (AvgIpc) is 2.79. The maximum absolute atomic E-state index is 12.3. The fraction of sp³-hybridized carbons (Fsp3) is 0.263. The molecule has 2 heterocycles. The number of aliphatic carboxylic acids is 2. The van der Waals surface area contributed by atoms with E-state index in [1.807, 2.05) is 0 Å². The second-order valence-electron chi connectivity index (χ2n) is 6.71. The van der Waals surface area contributed by atoms with Crippen LogP contribution in [0, 0.1) is 0 Å². The molecule has 0 bridgehead atoms. The third-order valence-electron chi connectivity index (χ3n) is 4.36. The predicted octanol–water partition coefficient (Wildman–Crippen LogP) is -0.466. The summed E-state index contributed by atoms with van der Waals surface area (Å²) in [6.45, 7) is 0.141. The van der Waals surface area contributed by atoms with E-state index in [9.17, 15) is 19.2 Å². The molecule has 0 fully saturated rings. The Morgan fingerprint density at radius 3 is 2.66 bits per heavy atom. The van der Waals surface area contributed by atoms with Crippen LogP contribution in [0.1, 0.15) is 40.8 Å². The molecule has 2 atom stereocenters. The van der Waals surface area contributed by atoms with Gasteiger partial charge in [-0.05, 0) is 30.7 Å². The van der Waals surface area contributed by atoms with Crippen LogP contribution in [0.25, 0.3) is 0 Å². The molecule has 1 unspecified atom stereocenters. The van der Waals surface area contributed by atoms with Crippen LogP contribution < -0.4 is 27.0 Å². The number of amides is 2. The van der Waals surface area contributed by atoms with Crippen molar-refractivity contribution in [2.75, 3.05) is 10.6 Å². The molecular formula is C19H21N7O6. The number of hydrogen-bond acceptors (Lipinski definition) is 9. The first kappa shape index (κ1) is 19.7. The zero-order valence-electron chi connectivity index (χ0n) is 18.5. The van der Waals surface area contributed by atoms with Crippen molar-refractivity contribution in [1.82, 2.24) is 20.6 Å². The van der Waals surface area contributed by atoms with Crippen molar-refractivity contribution in [2.24, 2.45) is 5.73 Å². The van der Waals surface area contributed by atoms with Gasteiger partial charge in [-0.2, -0.15) is 0 Å². The van der Waals surface area contributed by atoms with Crippen LogP contribution in [0.2, 0.25) is 1.41 Å². The normalized spacial score (nSPS) is 19.0. The number of anilines is 2. The molecule has 13 nitrogen and oxygen atoms in total. The number of carboxylic acids is 2. The summed E-state index contributed by atoms with van der Waals surface area (Å²) in [6, 6.07) is 4.70. The highest BCUT2D eigenvalue weighted by molar-refractivity contribution is 5.98. The quantitative estimate of drug-likeness (QED) is 0.262. The summed E-state index contributed by atoms with van der Waals surface area (Å²) in [5.74, 6) is -4.05. The summed E-state index contributed by atoms with van der Waals surface area (Å²) in [4.78, 5) is 54.6. The first-order chi connectivity index (χ1) is 16.0. The van der Waals surface area contributed by atoms with Crippen molar-refractivity contribution < 1.29 is 32.2 Å². The largest absolute Gasteiger partial charge is 0.481 e. The maximum atomic E-state index is 12.3. The lowest BCUT2D eigenvalue weighted by molar-refractivity contribution is -0.140. The Labute approximate surface area is 184 Å². The molecular weight excluding hydrogens is 422 g/mol. The number of carboxylic acid groups (broad SMARTS) is 2. The number of aromatic nitrogens is 2. The van der Waals surface area contributed by atoms with E-state index < -0.39 is 42.5 Å². The summed E-state index contributed by atoms with van der Waals surface area (Å²) >= 11 is 0. The Morgan fingerprint density at radius 2 is 2.00 bits per heavy atom. The number of carbonyl (C=O) groups is 4. The zero-order chi connectivity index (χ0) is 25.0. The number of nitrogens with one attached hydrogen (secondary N) is 4. The van der Waals surface area contributed by atoms with Crippen molar-refractivity contribution in [2.45, 2.75) is 31.7 Å². The number of carbonyl (C=O) groups excluding carboxylic acids is 2. The SMILES string of the molecule is [2H]N1C(=O)c2nc(CNc3ccc(C(=O)N[C@@H](CCC(=O)O)C(=O)O)cc3)cnc2NC1([2H])N. The predicted molar refractivity (Wildman–Crippen MR) is 111 cm³/mol. The Balaban J connectivity index is 1.61. The fourth-order valence-corrected chi connectivity index (χ4v) is 2.76. The molecule has 2 amide bonds. The summed E-state index contributed by atoms with van der Waals surface area (Å²) < 4.78 is 15.3. The van der Waals surface area contributed by atoms with E-state index in [1.165, 1.54) is 18.3 Å². The van der Waals surface area contributed by atoms with Gasteiger partial charge in [-0.3, -0.25) is 20.1 Å². The van der Waals surface area contributed by atoms with Gasteiger partial charge >= 0.3 is 11.9 Å². The standard InChI is InChI=1S/C19H21N7O6/c20-19-25-15-14(17(30)26-19)23-11(8-22-15)7-21-10-3-1-9(2-4-10)16(29)24-12(18(31)32)5-6-13(27)28/h1-4,8,12,19,21H,5-7,20H2,(H,22,25)(H,24,29)(H,26,30)(H,27,28)(H,31,32)/t12-,19?/m0/s1/i19D/hD. The number of nitrogens with two attached hydrogens (primary N) is 1. The summed E-state index contributed by atoms with van der Waals surface area (Å²) in [5.41, 5.74) is 6.48. The smallest absolute Gasteiger partial charge is 0.326 e. The van der Waals surface area contributed by atoms with Crippen LogP contribution in [0.4, 0.5) is 11.5 Å². The van der Waals surface area contributed by atoms with Gasteiger partial charge in [0.05, 0.1) is 19.8 Å². The molecule has 0 saturated carbocycles. The molecule has 8 N–H and O–H groups in total. The van der Waals surface area contributed by atoms with Crippen molar-refractivity contribution in [3.63, 3.8) is 0 Å². The van der Waals surface area contributed by atoms with Crippen molar-refractivity contribution in [3.8, 4) is 0 Å². The van der Waals surface area contributed by atoms with Crippen LogP contribution in [0.5, 0.6) is 0 Å². The lowest BCUT2D eigenvalue weighted by atomic mass is 10.1. The lowest BCUT2D eigenvalue weighted by Gasteiger charge is -2.23. The first-order valence-corrected chi connectivity index (χ1v) is 9.33. The Bertz CT molecular complexity index is 1130. The van der Waals surface area contributed by atoms with Gasteiger partial charge in [0.1, 0.15) is 6.04 Å². The molecule has 1 aliphatic rings. The van der Waals surface area contributed by atoms with Crippen LogP contribution in [0.15, 0.2) is 30.5 Å². The third kappa shape index (κ3) is 5.66. The van der Waals surface area contributed by atoms with Gasteiger partial charge in [0.15, 0.2) is 19.2 Å². The first-order valence-electron chi connectivity index (χ1n) is 10.3. The van der Waals surface area contributed by atoms with Crippen LogP contribution in [-0.4, -0.2) is 56.2 Å². The van der Waals surface area contributed by atoms with Crippen LogP contribution >= 0.6 is 0 Å². The second kappa shape index (κ2) is 9.70. The van der Waals surface area contributed by atoms with Crippen molar-refractivity contribution in [3.05, 3.63) is 47.4 Å². The van der Waals surface area contributed by atoms with E-state index in [2.05, 4.69) is 25.9 Å². The summed E-state index contributed by atoms with van der Waals surface area (Å²) in [6.07, 6.45) is -1.44. The molecule has 1 aromatic heterocycles. The Morgan fingerprint density at radius 1 is 1.28 bits per heavy atom. The maximum Gasteiger partial charge on any atom is 0.326 e. The minimum Gasteiger partial charge on any atom is -0.481 e. The van der Waals surface area contributed by atoms with Gasteiger partial charge in [0.25, 0.3) is 11.8 Å². The molecule has 2 aromatic rings. The summed E-state index contributed by atoms with van der Waals surface area (Å²) in [5, 5.41) is 25.8. The van der Waals surface area contributed by atoms with Crippen LogP contribution in [-0.2, 0) is 16.1 Å². The van der Waals surface area contributed by atoms with Gasteiger partial charge in [0, 0.05) is 17.7 Å². The number of benzene rings is 1. The molecule has 0 radical (unpaired) electrons. The number of rotatable bonds is 9. The highest BCUT2D eigenvalue weighted by Gasteiger charge is 2.24. The molecule has 3 rings (SSSR count). The van der Waals surface area contributed by atoms with E-state index in [0.29, 0.717) is 11.4 Å². The van der Waals surface area contributed by atoms with E-state index >= 15 is 0 Å². The molecule has 1 aliphatic heterocycles. The third-order valence-corrected chi connectivity index (χ3v) is 4.36. The van der Waals surface area contributed by atoms with Gasteiger partial charge < -0.3 is 31.5 Å². The molecule has 168 valence electrons. The minimum absolute atomic E-state index is 0.00636. The van der Waals surface area contributed by atoms with Crippen molar-refractivity contribution in [1.29, 1.82) is 0 Å². The summed E-state index contributed by atoms with van der Waals surface area (Å²) in [7, 11) is 0. The van der Waals surface area contributed by atoms with E-state index in [1.54, 1.807) is 12.1 Å². The number of hydrogen-bond donors (Lipinski definition) is 7. The fourth-order valence-electron chi connectivity index (χ4n) is 2.76. The number of fused-ring (bicyclic) bond motifs is 1. The monoisotopic (exact) mass is 445 g/mol. The highest BCUT2D eigenvalue weighted by Crippen LogP contribution is 2.16. The van der Waals surface area contributed by atoms with E-state index in [-0.39, 0.29) is 35.4 Å². The topological polar surface area (TPSA) is 209 Å².